The maximum Gasteiger partial charge on any atom is 0.251 e. The molecule has 1 aromatic carbocycles. The maximum absolute atomic E-state index is 13.6. The van der Waals surface area contributed by atoms with Gasteiger partial charge in [0.1, 0.15) is 29.4 Å². The molecular formula is C26H38N6O5Si. The van der Waals surface area contributed by atoms with Crippen LogP contribution in [-0.2, 0) is 9.16 Å². The van der Waals surface area contributed by atoms with Crippen molar-refractivity contribution in [3.63, 3.8) is 0 Å². The molecule has 2 aromatic heterocycles. The molecule has 0 spiro atoms. The van der Waals surface area contributed by atoms with E-state index < -0.39 is 26.7 Å². The van der Waals surface area contributed by atoms with E-state index in [0.717, 1.165) is 0 Å². The Morgan fingerprint density at radius 3 is 2.37 bits per heavy atom. The van der Waals surface area contributed by atoms with Crippen molar-refractivity contribution >= 4 is 31.2 Å². The SMILES string of the molecule is CC[C@H]1O[C@@H](n2cnc3c(N)ncnc32)C(O[Si](C)(C)C(C)(C)C)[C@H]1NC(=O)c1cc(OC)cc(OC)c1. The molecular weight excluding hydrogens is 504 g/mol. The predicted molar refractivity (Wildman–Crippen MR) is 147 cm³/mol. The molecule has 38 heavy (non-hydrogen) atoms. The first-order chi connectivity index (χ1) is 17.9. The quantitative estimate of drug-likeness (QED) is 0.406. The molecule has 1 aliphatic rings. The summed E-state index contributed by atoms with van der Waals surface area (Å²) in [6.07, 6.45) is 2.30. The van der Waals surface area contributed by atoms with Gasteiger partial charge in [0.05, 0.1) is 32.7 Å². The summed E-state index contributed by atoms with van der Waals surface area (Å²) in [4.78, 5) is 26.5. The Kier molecular flexibility index (Phi) is 7.68. The lowest BCUT2D eigenvalue weighted by atomic mass is 10.0. The molecule has 3 aromatic rings. The number of nitrogens with two attached hydrogens (primary N) is 1. The van der Waals surface area contributed by atoms with Crippen molar-refractivity contribution in [2.75, 3.05) is 20.0 Å². The third kappa shape index (κ3) is 5.20. The Labute approximate surface area is 224 Å². The van der Waals surface area contributed by atoms with Gasteiger partial charge in [-0.2, -0.15) is 0 Å². The second kappa shape index (κ2) is 10.5. The highest BCUT2D eigenvalue weighted by atomic mass is 28.4. The van der Waals surface area contributed by atoms with Crippen LogP contribution in [0.1, 0.15) is 50.7 Å². The molecule has 1 fully saturated rings. The summed E-state index contributed by atoms with van der Waals surface area (Å²) in [5.74, 6) is 1.06. The van der Waals surface area contributed by atoms with Crippen LogP contribution >= 0.6 is 0 Å². The molecule has 0 aliphatic carbocycles. The highest BCUT2D eigenvalue weighted by Gasteiger charge is 2.51. The molecule has 3 N–H and O–H groups in total. The molecule has 12 heteroatoms. The highest BCUT2D eigenvalue weighted by molar-refractivity contribution is 6.74. The molecule has 1 saturated heterocycles. The van der Waals surface area contributed by atoms with Gasteiger partial charge in [0.25, 0.3) is 5.91 Å². The number of benzene rings is 1. The van der Waals surface area contributed by atoms with E-state index in [0.29, 0.717) is 34.6 Å². The number of hydrogen-bond donors (Lipinski definition) is 2. The van der Waals surface area contributed by atoms with Gasteiger partial charge >= 0.3 is 0 Å². The zero-order valence-electron chi connectivity index (χ0n) is 23.3. The number of hydrogen-bond acceptors (Lipinski definition) is 9. The van der Waals surface area contributed by atoms with Crippen LogP contribution in [0.2, 0.25) is 18.1 Å². The number of aromatic nitrogens is 4. The number of rotatable bonds is 8. The van der Waals surface area contributed by atoms with Crippen molar-refractivity contribution in [3.8, 4) is 11.5 Å². The Hall–Kier alpha value is -3.22. The monoisotopic (exact) mass is 542 g/mol. The minimum Gasteiger partial charge on any atom is -0.497 e. The van der Waals surface area contributed by atoms with Gasteiger partial charge in [-0.1, -0.05) is 27.7 Å². The molecule has 4 rings (SSSR count). The van der Waals surface area contributed by atoms with Crippen LogP contribution in [0.3, 0.4) is 0 Å². The molecule has 1 aliphatic heterocycles. The lowest BCUT2D eigenvalue weighted by Gasteiger charge is -2.41. The lowest BCUT2D eigenvalue weighted by molar-refractivity contribution is -0.0321. The van der Waals surface area contributed by atoms with Gasteiger partial charge < -0.3 is 29.7 Å². The third-order valence-corrected chi connectivity index (χ3v) is 12.0. The van der Waals surface area contributed by atoms with Crippen molar-refractivity contribution in [3.05, 3.63) is 36.4 Å². The number of amides is 1. The summed E-state index contributed by atoms with van der Waals surface area (Å²) < 4.78 is 26.1. The third-order valence-electron chi connectivity index (χ3n) is 7.56. The number of imidazole rings is 1. The average Bonchev–Trinajstić information content (AvgIpc) is 3.44. The van der Waals surface area contributed by atoms with Gasteiger partial charge in [0.15, 0.2) is 26.0 Å². The van der Waals surface area contributed by atoms with Crippen LogP contribution < -0.4 is 20.5 Å². The second-order valence-corrected chi connectivity index (χ2v) is 15.8. The first kappa shape index (κ1) is 27.8. The number of carbonyl (C=O) groups excluding carboxylic acids is 1. The minimum atomic E-state index is -2.31. The van der Waals surface area contributed by atoms with E-state index >= 15 is 0 Å². The molecule has 4 atom stereocenters. The van der Waals surface area contributed by atoms with Crippen LogP contribution in [0.4, 0.5) is 5.82 Å². The van der Waals surface area contributed by atoms with E-state index in [4.69, 9.17) is 24.4 Å². The number of nitrogens with zero attached hydrogens (tertiary/aromatic N) is 4. The molecule has 3 heterocycles. The first-order valence-electron chi connectivity index (χ1n) is 12.7. The van der Waals surface area contributed by atoms with E-state index in [1.807, 2.05) is 11.5 Å². The van der Waals surface area contributed by atoms with E-state index in [1.54, 1.807) is 38.7 Å². The van der Waals surface area contributed by atoms with Gasteiger partial charge in [0.2, 0.25) is 0 Å². The Morgan fingerprint density at radius 1 is 1.13 bits per heavy atom. The number of methoxy groups -OCH3 is 2. The zero-order chi connectivity index (χ0) is 27.8. The summed E-state index contributed by atoms with van der Waals surface area (Å²) in [7, 11) is 0.790. The molecule has 11 nitrogen and oxygen atoms in total. The highest BCUT2D eigenvalue weighted by Crippen LogP contribution is 2.43. The maximum atomic E-state index is 13.6. The van der Waals surface area contributed by atoms with Crippen molar-refractivity contribution in [1.82, 2.24) is 24.8 Å². The molecule has 1 amide bonds. The van der Waals surface area contributed by atoms with Crippen molar-refractivity contribution < 1.29 is 23.4 Å². The number of nitrogen functional groups attached to an aromatic ring is 1. The van der Waals surface area contributed by atoms with Crippen LogP contribution in [0, 0.1) is 0 Å². The van der Waals surface area contributed by atoms with E-state index in [1.165, 1.54) is 6.33 Å². The fourth-order valence-electron chi connectivity index (χ4n) is 4.36. The van der Waals surface area contributed by atoms with Gasteiger partial charge in [-0.05, 0) is 36.7 Å². The van der Waals surface area contributed by atoms with Gasteiger partial charge in [-0.25, -0.2) is 15.0 Å². The van der Waals surface area contributed by atoms with Crippen molar-refractivity contribution in [2.45, 2.75) is 76.7 Å². The Balaban J connectivity index is 1.75. The van der Waals surface area contributed by atoms with E-state index in [9.17, 15) is 4.79 Å². The van der Waals surface area contributed by atoms with E-state index in [-0.39, 0.29) is 22.9 Å². The predicted octanol–water partition coefficient (Wildman–Crippen LogP) is 3.92. The summed E-state index contributed by atoms with van der Waals surface area (Å²) in [5.41, 5.74) is 7.51. The lowest BCUT2D eigenvalue weighted by Crippen LogP contribution is -2.53. The smallest absolute Gasteiger partial charge is 0.251 e. The number of fused-ring (bicyclic) bond motifs is 1. The van der Waals surface area contributed by atoms with Gasteiger partial charge in [-0.15, -0.1) is 0 Å². The summed E-state index contributed by atoms with van der Waals surface area (Å²) in [5, 5.41) is 3.14. The number of anilines is 1. The largest absolute Gasteiger partial charge is 0.497 e. The van der Waals surface area contributed by atoms with Crippen LogP contribution in [-0.4, -0.2) is 66.2 Å². The van der Waals surface area contributed by atoms with E-state index in [2.05, 4.69) is 54.1 Å². The first-order valence-corrected chi connectivity index (χ1v) is 15.6. The molecule has 0 radical (unpaired) electrons. The molecule has 0 bridgehead atoms. The van der Waals surface area contributed by atoms with Crippen LogP contribution in [0.15, 0.2) is 30.9 Å². The minimum absolute atomic E-state index is 0.0693. The Bertz CT molecular complexity index is 1280. The average molecular weight is 543 g/mol. The van der Waals surface area contributed by atoms with Gasteiger partial charge in [0, 0.05) is 11.6 Å². The summed E-state index contributed by atoms with van der Waals surface area (Å²) in [6.45, 7) is 12.9. The topological polar surface area (TPSA) is 136 Å². The number of nitrogens with one attached hydrogen (secondary N) is 1. The second-order valence-electron chi connectivity index (χ2n) is 11.0. The molecule has 206 valence electrons. The molecule has 0 saturated carbocycles. The number of ether oxygens (including phenoxy) is 3. The van der Waals surface area contributed by atoms with Crippen molar-refractivity contribution in [1.29, 1.82) is 0 Å². The summed E-state index contributed by atoms with van der Waals surface area (Å²) >= 11 is 0. The molecule has 1 unspecified atom stereocenters. The zero-order valence-corrected chi connectivity index (χ0v) is 24.3. The summed E-state index contributed by atoms with van der Waals surface area (Å²) in [6, 6.07) is 4.64. The number of carbonyl (C=O) groups is 1. The fraction of sp³-hybridized carbons (Fsp3) is 0.538. The fourth-order valence-corrected chi connectivity index (χ4v) is 5.65. The standard InChI is InChI=1S/C26H38N6O5Si/c1-9-18-19(31-24(33)15-10-16(34-5)12-17(11-15)35-6)21(37-38(7,8)26(2,3)4)25(36-18)32-14-30-20-22(27)28-13-29-23(20)32/h10-14,18-19,21,25H,9H2,1-8H3,(H,31,33)(H2,27,28,29)/t18-,19+,21?,25-/m1/s1. The van der Waals surface area contributed by atoms with Gasteiger partial charge in [-0.3, -0.25) is 9.36 Å². The van der Waals surface area contributed by atoms with Crippen LogP contribution in [0.25, 0.3) is 11.2 Å². The van der Waals surface area contributed by atoms with Crippen LogP contribution in [0.5, 0.6) is 11.5 Å². The van der Waals surface area contributed by atoms with Crippen molar-refractivity contribution in [2.24, 2.45) is 0 Å². The Morgan fingerprint density at radius 2 is 1.79 bits per heavy atom. The normalized spacial score (nSPS) is 22.0.